The van der Waals surface area contributed by atoms with Crippen molar-refractivity contribution in [1.82, 2.24) is 9.99 Å². The fourth-order valence-electron chi connectivity index (χ4n) is 4.53. The van der Waals surface area contributed by atoms with Gasteiger partial charge in [0.2, 0.25) is 0 Å². The molecule has 24 heavy (non-hydrogen) atoms. The number of allylic oxidation sites excluding steroid dienone is 2. The van der Waals surface area contributed by atoms with E-state index in [0.29, 0.717) is 11.3 Å². The number of hydrogen-bond acceptors (Lipinski definition) is 3. The van der Waals surface area contributed by atoms with Crippen LogP contribution in [0.1, 0.15) is 32.4 Å². The maximum Gasteiger partial charge on any atom is 0.113 e. The molecule has 3 aliphatic carbocycles. The van der Waals surface area contributed by atoms with Crippen LogP contribution in [0.4, 0.5) is 5.69 Å². The van der Waals surface area contributed by atoms with Crippen LogP contribution in [0, 0.1) is 17.3 Å². The molecule has 4 heteroatoms. The highest BCUT2D eigenvalue weighted by Crippen LogP contribution is 2.58. The van der Waals surface area contributed by atoms with Gasteiger partial charge in [-0.15, -0.1) is 0 Å². The fraction of sp³-hybridized carbons (Fsp3) is 0.400. The Hall–Kier alpha value is -2.36. The number of nitrogens with one attached hydrogen (secondary N) is 1. The molecule has 1 aromatic heterocycles. The van der Waals surface area contributed by atoms with Gasteiger partial charge in [0.1, 0.15) is 6.34 Å². The van der Waals surface area contributed by atoms with Crippen molar-refractivity contribution in [3.05, 3.63) is 41.6 Å². The molecule has 0 amide bonds. The van der Waals surface area contributed by atoms with Gasteiger partial charge in [-0.3, -0.25) is 0 Å². The monoisotopic (exact) mass is 318 g/mol. The van der Waals surface area contributed by atoms with Gasteiger partial charge in [0.15, 0.2) is 0 Å². The summed E-state index contributed by atoms with van der Waals surface area (Å²) in [7, 11) is 0. The van der Waals surface area contributed by atoms with Gasteiger partial charge in [-0.05, 0) is 41.7 Å². The number of aliphatic imine (C=N–C) groups is 1. The zero-order valence-electron chi connectivity index (χ0n) is 14.2. The van der Waals surface area contributed by atoms with E-state index in [4.69, 9.17) is 0 Å². The predicted octanol–water partition coefficient (Wildman–Crippen LogP) is 4.62. The van der Waals surface area contributed by atoms with Crippen molar-refractivity contribution in [2.45, 2.75) is 33.2 Å². The summed E-state index contributed by atoms with van der Waals surface area (Å²) in [5.41, 5.74) is 5.17. The normalized spacial score (nSPS) is 27.2. The maximum absolute atomic E-state index is 4.69. The molecule has 1 aliphatic heterocycles. The summed E-state index contributed by atoms with van der Waals surface area (Å²) < 4.78 is 0. The summed E-state index contributed by atoms with van der Waals surface area (Å²) in [6.07, 6.45) is 8.80. The predicted molar refractivity (Wildman–Crippen MR) is 98.6 cm³/mol. The summed E-state index contributed by atoms with van der Waals surface area (Å²) >= 11 is 0. The zero-order valence-corrected chi connectivity index (χ0v) is 14.2. The number of hydrogen-bond donors (Lipinski definition) is 1. The van der Waals surface area contributed by atoms with Crippen LogP contribution in [-0.4, -0.2) is 22.5 Å². The fourth-order valence-corrected chi connectivity index (χ4v) is 4.53. The minimum atomic E-state index is 0.441. The highest BCUT2D eigenvalue weighted by Gasteiger charge is 2.50. The van der Waals surface area contributed by atoms with Gasteiger partial charge < -0.3 is 4.98 Å². The Labute approximate surface area is 142 Å². The quantitative estimate of drug-likeness (QED) is 0.807. The molecule has 0 radical (unpaired) electrons. The number of aromatic nitrogens is 1. The van der Waals surface area contributed by atoms with E-state index in [-0.39, 0.29) is 0 Å². The Balaban J connectivity index is 1.38. The lowest BCUT2D eigenvalue weighted by atomic mass is 9.49. The molecule has 4 aliphatic rings. The zero-order chi connectivity index (χ0) is 16.3. The van der Waals surface area contributed by atoms with E-state index in [1.54, 1.807) is 0 Å². The lowest BCUT2D eigenvalue weighted by molar-refractivity contribution is -0.00132. The average molecular weight is 318 g/mol. The summed E-state index contributed by atoms with van der Waals surface area (Å²) in [4.78, 5) is 8.09. The first-order chi connectivity index (χ1) is 11.6. The van der Waals surface area contributed by atoms with Crippen LogP contribution in [0.15, 0.2) is 46.0 Å². The third-order valence-corrected chi connectivity index (χ3v) is 6.26. The Kier molecular flexibility index (Phi) is 2.82. The molecule has 0 saturated heterocycles. The summed E-state index contributed by atoms with van der Waals surface area (Å²) in [5.74, 6) is 1.54. The van der Waals surface area contributed by atoms with E-state index in [2.05, 4.69) is 59.4 Å². The summed E-state index contributed by atoms with van der Waals surface area (Å²) in [5, 5.41) is 7.80. The molecular formula is C20H22N4. The van der Waals surface area contributed by atoms with Crippen LogP contribution < -0.4 is 0 Å². The molecule has 122 valence electrons. The Morgan fingerprint density at radius 3 is 3.04 bits per heavy atom. The molecule has 2 bridgehead atoms. The Morgan fingerprint density at radius 1 is 1.33 bits per heavy atom. The lowest BCUT2D eigenvalue weighted by Crippen LogP contribution is -2.48. The molecule has 1 aromatic carbocycles. The first-order valence-corrected chi connectivity index (χ1v) is 8.77. The van der Waals surface area contributed by atoms with Crippen molar-refractivity contribution in [3.8, 4) is 0 Å². The number of fused-ring (bicyclic) bond motifs is 4. The van der Waals surface area contributed by atoms with Crippen LogP contribution in [0.2, 0.25) is 0 Å². The third-order valence-electron chi connectivity index (χ3n) is 6.26. The average Bonchev–Trinajstić information content (AvgIpc) is 2.97. The van der Waals surface area contributed by atoms with E-state index in [0.717, 1.165) is 29.4 Å². The number of H-pyrrole nitrogens is 1. The van der Waals surface area contributed by atoms with E-state index >= 15 is 0 Å². The van der Waals surface area contributed by atoms with E-state index < -0.39 is 0 Å². The van der Waals surface area contributed by atoms with Crippen molar-refractivity contribution in [1.29, 1.82) is 0 Å². The van der Waals surface area contributed by atoms with E-state index in [1.165, 1.54) is 23.8 Å². The van der Waals surface area contributed by atoms with E-state index in [1.807, 2.05) is 17.4 Å². The minimum absolute atomic E-state index is 0.441. The van der Waals surface area contributed by atoms with Crippen LogP contribution in [0.25, 0.3) is 10.9 Å². The molecule has 2 heterocycles. The standard InChI is InChI=1S/C20H22N4/c1-20(2)14-8-7-13(16(20)9-14)10-22-24-11-18-19(21-12-24)15-5-3-4-6-17(15)23-18/h3-7,10,12,14,16,23H,8-9,11H2,1-2H3/b22-10-/t14-,16-/m0/s1. The van der Waals surface area contributed by atoms with Crippen LogP contribution in [0.3, 0.4) is 0 Å². The van der Waals surface area contributed by atoms with E-state index in [9.17, 15) is 0 Å². The number of aromatic amines is 1. The third kappa shape index (κ3) is 1.92. The van der Waals surface area contributed by atoms with Gasteiger partial charge in [-0.2, -0.15) is 5.10 Å². The molecule has 2 atom stereocenters. The molecule has 6 rings (SSSR count). The largest absolute Gasteiger partial charge is 0.355 e. The van der Waals surface area contributed by atoms with Gasteiger partial charge in [0, 0.05) is 10.9 Å². The first-order valence-electron chi connectivity index (χ1n) is 8.77. The van der Waals surface area contributed by atoms with Crippen LogP contribution >= 0.6 is 0 Å². The molecule has 0 unspecified atom stereocenters. The van der Waals surface area contributed by atoms with Gasteiger partial charge in [0.05, 0.1) is 24.1 Å². The van der Waals surface area contributed by atoms with Crippen LogP contribution in [-0.2, 0) is 6.54 Å². The van der Waals surface area contributed by atoms with Gasteiger partial charge >= 0.3 is 0 Å². The highest BCUT2D eigenvalue weighted by atomic mass is 15.5. The molecule has 1 N–H and O–H groups in total. The van der Waals surface area contributed by atoms with Crippen molar-refractivity contribution in [2.24, 2.45) is 27.3 Å². The number of para-hydroxylation sites is 1. The second-order valence-corrected chi connectivity index (χ2v) is 7.83. The number of nitrogens with zero attached hydrogens (tertiary/aromatic N) is 3. The highest BCUT2D eigenvalue weighted by molar-refractivity contribution is 5.95. The minimum Gasteiger partial charge on any atom is -0.355 e. The second-order valence-electron chi connectivity index (χ2n) is 7.83. The molecule has 0 spiro atoms. The Bertz CT molecular complexity index is 899. The smallest absolute Gasteiger partial charge is 0.113 e. The number of rotatable bonds is 2. The summed E-state index contributed by atoms with van der Waals surface area (Å²) in [6, 6.07) is 8.31. The van der Waals surface area contributed by atoms with Gasteiger partial charge in [-0.25, -0.2) is 10.0 Å². The van der Waals surface area contributed by atoms with Crippen molar-refractivity contribution in [2.75, 3.05) is 0 Å². The Morgan fingerprint density at radius 2 is 2.21 bits per heavy atom. The molecule has 2 aromatic rings. The maximum atomic E-state index is 4.69. The lowest BCUT2D eigenvalue weighted by Gasteiger charge is -2.55. The van der Waals surface area contributed by atoms with Crippen molar-refractivity contribution < 1.29 is 0 Å². The number of hydrazone groups is 1. The van der Waals surface area contributed by atoms with Crippen LogP contribution in [0.5, 0.6) is 0 Å². The summed E-state index contributed by atoms with van der Waals surface area (Å²) in [6.45, 7) is 5.53. The molecule has 1 saturated carbocycles. The van der Waals surface area contributed by atoms with Crippen molar-refractivity contribution in [3.63, 3.8) is 0 Å². The topological polar surface area (TPSA) is 43.8 Å². The molecule has 1 fully saturated rings. The second kappa shape index (κ2) is 4.82. The van der Waals surface area contributed by atoms with Crippen molar-refractivity contribution >= 4 is 29.1 Å². The SMILES string of the molecule is CC1(C)[C@H]2CC=C(/C=N\N3C=Nc4c([nH]c5ccccc45)C3)[C@@H]1C2. The van der Waals surface area contributed by atoms with Gasteiger partial charge in [-0.1, -0.05) is 38.1 Å². The molecule has 4 nitrogen and oxygen atoms in total. The first kappa shape index (κ1) is 14.0. The molecular weight excluding hydrogens is 296 g/mol. The number of benzene rings is 1. The van der Waals surface area contributed by atoms with Gasteiger partial charge in [0.25, 0.3) is 0 Å².